The van der Waals surface area contributed by atoms with Crippen molar-refractivity contribution in [1.29, 1.82) is 0 Å². The van der Waals surface area contributed by atoms with E-state index in [4.69, 9.17) is 5.10 Å². The maximum atomic E-state index is 13.7. The van der Waals surface area contributed by atoms with Gasteiger partial charge in [0.2, 0.25) is 0 Å². The van der Waals surface area contributed by atoms with Crippen LogP contribution < -0.4 is 5.01 Å². The summed E-state index contributed by atoms with van der Waals surface area (Å²) in [6, 6.07) is 19.9. The Bertz CT molecular complexity index is 895. The fourth-order valence-electron chi connectivity index (χ4n) is 3.80. The summed E-state index contributed by atoms with van der Waals surface area (Å²) >= 11 is 0. The van der Waals surface area contributed by atoms with Crippen LogP contribution in [0.2, 0.25) is 0 Å². The molecule has 1 heterocycles. The Balaban J connectivity index is 2.00. The molecule has 144 valence electrons. The number of para-hydroxylation sites is 1. The Labute approximate surface area is 168 Å². The van der Waals surface area contributed by atoms with Crippen LogP contribution in [0.25, 0.3) is 0 Å². The van der Waals surface area contributed by atoms with E-state index in [9.17, 15) is 4.79 Å². The molecule has 1 aliphatic rings. The van der Waals surface area contributed by atoms with Crippen molar-refractivity contribution in [2.75, 3.05) is 5.01 Å². The number of hydrogen-bond acceptors (Lipinski definition) is 2. The molecular weight excluding hydrogens is 344 g/mol. The number of amides is 1. The van der Waals surface area contributed by atoms with Gasteiger partial charge in [0.15, 0.2) is 0 Å². The van der Waals surface area contributed by atoms with Gasteiger partial charge in [-0.25, -0.2) is 0 Å². The van der Waals surface area contributed by atoms with Crippen LogP contribution in [-0.2, 0) is 11.2 Å². The summed E-state index contributed by atoms with van der Waals surface area (Å²) in [6.45, 7) is 8.04. The van der Waals surface area contributed by atoms with Crippen LogP contribution in [0.1, 0.15) is 45.1 Å². The van der Waals surface area contributed by atoms with Crippen LogP contribution >= 0.6 is 0 Å². The minimum Gasteiger partial charge on any atom is -0.271 e. The Morgan fingerprint density at radius 1 is 1.11 bits per heavy atom. The number of unbranched alkanes of at least 4 members (excludes halogenated alkanes) is 1. The van der Waals surface area contributed by atoms with Crippen LogP contribution in [0.5, 0.6) is 0 Å². The van der Waals surface area contributed by atoms with E-state index < -0.39 is 5.41 Å². The van der Waals surface area contributed by atoms with E-state index in [1.807, 2.05) is 55.5 Å². The summed E-state index contributed by atoms with van der Waals surface area (Å²) in [6.07, 6.45) is 4.34. The summed E-state index contributed by atoms with van der Waals surface area (Å²) in [5.41, 5.74) is 6.33. The third kappa shape index (κ3) is 4.00. The molecule has 0 fully saturated rings. The molecule has 0 radical (unpaired) electrons. The van der Waals surface area contributed by atoms with Gasteiger partial charge in [-0.3, -0.25) is 4.79 Å². The first kappa shape index (κ1) is 19.9. The van der Waals surface area contributed by atoms with Crippen molar-refractivity contribution < 1.29 is 4.79 Å². The topological polar surface area (TPSA) is 32.7 Å². The third-order valence-corrected chi connectivity index (χ3v) is 5.49. The highest BCUT2D eigenvalue weighted by molar-refractivity contribution is 6.18. The van der Waals surface area contributed by atoms with Gasteiger partial charge in [0.05, 0.1) is 16.8 Å². The second kappa shape index (κ2) is 8.86. The molecule has 0 spiro atoms. The molecule has 1 aliphatic heterocycles. The molecule has 0 bridgehead atoms. The van der Waals surface area contributed by atoms with Crippen molar-refractivity contribution in [3.63, 3.8) is 0 Å². The third-order valence-electron chi connectivity index (χ3n) is 5.49. The molecule has 0 saturated carbocycles. The van der Waals surface area contributed by atoms with Gasteiger partial charge < -0.3 is 0 Å². The number of anilines is 1. The van der Waals surface area contributed by atoms with Gasteiger partial charge in [-0.2, -0.15) is 10.1 Å². The number of rotatable bonds is 8. The lowest BCUT2D eigenvalue weighted by molar-refractivity contribution is -0.123. The lowest BCUT2D eigenvalue weighted by atomic mass is 9.72. The van der Waals surface area contributed by atoms with E-state index in [-0.39, 0.29) is 5.91 Å². The molecule has 2 aromatic carbocycles. The average molecular weight is 373 g/mol. The van der Waals surface area contributed by atoms with Crippen molar-refractivity contribution in [3.8, 4) is 0 Å². The number of carbonyl (C=O) groups is 1. The summed E-state index contributed by atoms with van der Waals surface area (Å²) in [7, 11) is 0. The molecule has 3 heteroatoms. The summed E-state index contributed by atoms with van der Waals surface area (Å²) in [5, 5.41) is 6.26. The molecule has 0 N–H and O–H groups in total. The normalized spacial score (nSPS) is 18.7. The Kier molecular flexibility index (Phi) is 6.28. The molecule has 0 saturated heterocycles. The molecule has 1 unspecified atom stereocenters. The number of allylic oxidation sites excluding steroid dienone is 1. The Morgan fingerprint density at radius 2 is 1.75 bits per heavy atom. The SMILES string of the molecule is C=C=C(CCCC)CC1(Cc2ccccc2)C(=O)N(c2ccccc2)N=C1C. The number of hydrogen-bond donors (Lipinski definition) is 0. The van der Waals surface area contributed by atoms with Crippen LogP contribution in [-0.4, -0.2) is 11.6 Å². The first-order valence-corrected chi connectivity index (χ1v) is 9.97. The van der Waals surface area contributed by atoms with E-state index >= 15 is 0 Å². The largest absolute Gasteiger partial charge is 0.271 e. The molecule has 0 aromatic heterocycles. The fraction of sp³-hybridized carbons (Fsp3) is 0.320. The van der Waals surface area contributed by atoms with Crippen LogP contribution in [0.4, 0.5) is 5.69 Å². The van der Waals surface area contributed by atoms with E-state index in [1.54, 1.807) is 5.01 Å². The first-order valence-electron chi connectivity index (χ1n) is 9.97. The molecule has 0 aliphatic carbocycles. The van der Waals surface area contributed by atoms with Crippen LogP contribution in [0, 0.1) is 5.41 Å². The maximum absolute atomic E-state index is 13.7. The first-order chi connectivity index (χ1) is 13.6. The second-order valence-corrected chi connectivity index (χ2v) is 7.44. The lowest BCUT2D eigenvalue weighted by Gasteiger charge is -2.29. The highest BCUT2D eigenvalue weighted by atomic mass is 16.2. The van der Waals surface area contributed by atoms with E-state index in [2.05, 4.69) is 31.4 Å². The molecule has 3 nitrogen and oxygen atoms in total. The molecule has 3 rings (SSSR count). The molecular formula is C25H28N2O. The number of nitrogens with zero attached hydrogens (tertiary/aromatic N) is 2. The smallest absolute Gasteiger partial charge is 0.260 e. The standard InChI is InChI=1S/C25H28N2O/c1-4-6-13-21(5-2)18-25(19-22-14-9-7-10-15-22)20(3)26-27(24(25)28)23-16-11-8-12-17-23/h7-12,14-17H,2,4,6,13,18-19H2,1,3H3. The minimum atomic E-state index is -0.690. The average Bonchev–Trinajstić information content (AvgIpc) is 2.97. The molecule has 1 amide bonds. The van der Waals surface area contributed by atoms with Crippen molar-refractivity contribution in [3.05, 3.63) is 84.1 Å². The molecule has 2 aromatic rings. The van der Waals surface area contributed by atoms with Crippen molar-refractivity contribution in [2.24, 2.45) is 10.5 Å². The minimum absolute atomic E-state index is 0.0318. The molecule has 28 heavy (non-hydrogen) atoms. The van der Waals surface area contributed by atoms with Gasteiger partial charge in [-0.1, -0.05) is 68.5 Å². The maximum Gasteiger partial charge on any atom is 0.260 e. The van der Waals surface area contributed by atoms with Gasteiger partial charge in [0, 0.05) is 0 Å². The van der Waals surface area contributed by atoms with Crippen molar-refractivity contribution in [2.45, 2.75) is 46.0 Å². The predicted octanol–water partition coefficient (Wildman–Crippen LogP) is 5.93. The van der Waals surface area contributed by atoms with Gasteiger partial charge in [0.25, 0.3) is 5.91 Å². The van der Waals surface area contributed by atoms with Gasteiger partial charge in [0.1, 0.15) is 0 Å². The fourth-order valence-corrected chi connectivity index (χ4v) is 3.80. The number of benzene rings is 2. The summed E-state index contributed by atoms with van der Waals surface area (Å²) in [5.74, 6) is 0.0318. The highest BCUT2D eigenvalue weighted by Gasteiger charge is 2.49. The second-order valence-electron chi connectivity index (χ2n) is 7.44. The lowest BCUT2D eigenvalue weighted by Crippen LogP contribution is -2.41. The van der Waals surface area contributed by atoms with E-state index in [1.165, 1.54) is 0 Å². The number of carbonyl (C=O) groups excluding carboxylic acids is 1. The van der Waals surface area contributed by atoms with Gasteiger partial charge >= 0.3 is 0 Å². The monoisotopic (exact) mass is 372 g/mol. The van der Waals surface area contributed by atoms with E-state index in [0.29, 0.717) is 12.8 Å². The van der Waals surface area contributed by atoms with Gasteiger partial charge in [-0.05, 0) is 55.9 Å². The zero-order chi connectivity index (χ0) is 20.0. The summed E-state index contributed by atoms with van der Waals surface area (Å²) in [4.78, 5) is 13.7. The summed E-state index contributed by atoms with van der Waals surface area (Å²) < 4.78 is 0. The zero-order valence-electron chi connectivity index (χ0n) is 16.8. The molecule has 1 atom stereocenters. The van der Waals surface area contributed by atoms with Crippen LogP contribution in [0.3, 0.4) is 0 Å². The van der Waals surface area contributed by atoms with Crippen molar-refractivity contribution >= 4 is 17.3 Å². The Hall–Kier alpha value is -2.90. The predicted molar refractivity (Wildman–Crippen MR) is 116 cm³/mol. The zero-order valence-corrected chi connectivity index (χ0v) is 16.8. The van der Waals surface area contributed by atoms with Gasteiger partial charge in [-0.15, -0.1) is 5.73 Å². The quantitative estimate of drug-likeness (QED) is 0.529. The van der Waals surface area contributed by atoms with E-state index in [0.717, 1.165) is 41.8 Å². The highest BCUT2D eigenvalue weighted by Crippen LogP contribution is 2.41. The Morgan fingerprint density at radius 3 is 2.36 bits per heavy atom. The van der Waals surface area contributed by atoms with Crippen LogP contribution in [0.15, 0.2) is 83.6 Å². The van der Waals surface area contributed by atoms with Crippen molar-refractivity contribution in [1.82, 2.24) is 0 Å². The number of hydrazone groups is 1.